The fourth-order valence-corrected chi connectivity index (χ4v) is 8.29. The number of ether oxygens (including phenoxy) is 1. The van der Waals surface area contributed by atoms with Crippen LogP contribution in [0.5, 0.6) is 5.75 Å². The Hall–Kier alpha value is -3.39. The van der Waals surface area contributed by atoms with E-state index in [9.17, 15) is 8.78 Å². The van der Waals surface area contributed by atoms with Crippen LogP contribution in [0.3, 0.4) is 0 Å². The molecule has 6 nitrogen and oxygen atoms in total. The van der Waals surface area contributed by atoms with Gasteiger partial charge in [-0.3, -0.25) is 9.89 Å². The van der Waals surface area contributed by atoms with E-state index in [-0.39, 0.29) is 24.3 Å². The largest absolute Gasteiger partial charge is 0.493 e. The van der Waals surface area contributed by atoms with Crippen molar-refractivity contribution in [3.63, 3.8) is 0 Å². The third-order valence-electron chi connectivity index (χ3n) is 11.4. The quantitative estimate of drug-likeness (QED) is 0.302. The number of fused-ring (bicyclic) bond motifs is 2. The molecule has 0 bridgehead atoms. The lowest BCUT2D eigenvalue weighted by molar-refractivity contribution is 0.0130. The van der Waals surface area contributed by atoms with Crippen LogP contribution in [0, 0.1) is 30.1 Å². The van der Waals surface area contributed by atoms with E-state index in [2.05, 4.69) is 73.8 Å². The van der Waals surface area contributed by atoms with E-state index in [1.165, 1.54) is 34.4 Å². The van der Waals surface area contributed by atoms with Crippen LogP contribution in [0.15, 0.2) is 57.9 Å². The van der Waals surface area contributed by atoms with Gasteiger partial charge in [0.2, 0.25) is 0 Å². The highest BCUT2D eigenvalue weighted by atomic mass is 19.3. The average Bonchev–Trinajstić information content (AvgIpc) is 3.54. The Morgan fingerprint density at radius 2 is 1.91 bits per heavy atom. The summed E-state index contributed by atoms with van der Waals surface area (Å²) in [6.45, 7) is 15.0. The number of allylic oxidation sites excluding steroid dienone is 3. The number of aromatic nitrogens is 3. The van der Waals surface area contributed by atoms with E-state index in [4.69, 9.17) is 9.73 Å². The van der Waals surface area contributed by atoms with E-state index < -0.39 is 5.92 Å². The van der Waals surface area contributed by atoms with E-state index in [0.717, 1.165) is 71.7 Å². The lowest BCUT2D eigenvalue weighted by Crippen LogP contribution is -2.28. The first-order valence-corrected chi connectivity index (χ1v) is 17.5. The molecule has 47 heavy (non-hydrogen) atoms. The summed E-state index contributed by atoms with van der Waals surface area (Å²) in [6, 6.07) is 8.63. The summed E-state index contributed by atoms with van der Waals surface area (Å²) in [4.78, 5) is 19.7. The molecule has 3 atom stereocenters. The Bertz CT molecular complexity index is 1780. The Morgan fingerprint density at radius 3 is 2.70 bits per heavy atom. The van der Waals surface area contributed by atoms with Gasteiger partial charge in [-0.05, 0) is 110 Å². The highest BCUT2D eigenvalue weighted by Gasteiger charge is 2.40. The van der Waals surface area contributed by atoms with Crippen LogP contribution in [-0.4, -0.2) is 57.7 Å². The number of H-pyrrole nitrogens is 1. The van der Waals surface area contributed by atoms with Gasteiger partial charge >= 0.3 is 0 Å². The number of likely N-dealkylation sites (tertiary alicyclic amines) is 1. The fourth-order valence-electron chi connectivity index (χ4n) is 8.29. The number of aliphatic imine (C=N–C) groups is 1. The Morgan fingerprint density at radius 1 is 1.09 bits per heavy atom. The normalized spacial score (nSPS) is 26.3. The van der Waals surface area contributed by atoms with Gasteiger partial charge in [-0.2, -0.15) is 0 Å². The first-order valence-electron chi connectivity index (χ1n) is 17.5. The van der Waals surface area contributed by atoms with Crippen LogP contribution in [0.1, 0.15) is 84.5 Å². The highest BCUT2D eigenvalue weighted by Crippen LogP contribution is 2.46. The number of alkyl halides is 2. The number of rotatable bonds is 5. The molecule has 3 aromatic rings. The van der Waals surface area contributed by atoms with E-state index in [1.54, 1.807) is 0 Å². The molecule has 0 amide bonds. The molecule has 7 rings (SSSR count). The van der Waals surface area contributed by atoms with E-state index >= 15 is 0 Å². The molecule has 8 heteroatoms. The third-order valence-corrected chi connectivity index (χ3v) is 11.4. The van der Waals surface area contributed by atoms with Crippen molar-refractivity contribution in [2.45, 2.75) is 92.4 Å². The van der Waals surface area contributed by atoms with Crippen molar-refractivity contribution in [1.82, 2.24) is 19.9 Å². The van der Waals surface area contributed by atoms with Gasteiger partial charge in [0, 0.05) is 42.9 Å². The summed E-state index contributed by atoms with van der Waals surface area (Å²) in [7, 11) is 0. The van der Waals surface area contributed by atoms with Crippen LogP contribution in [-0.2, 0) is 6.42 Å². The maximum Gasteiger partial charge on any atom is 0.261 e. The van der Waals surface area contributed by atoms with Crippen molar-refractivity contribution in [2.75, 3.05) is 26.2 Å². The Balaban J connectivity index is 1.18. The third kappa shape index (κ3) is 6.67. The smallest absolute Gasteiger partial charge is 0.261 e. The van der Waals surface area contributed by atoms with Gasteiger partial charge in [-0.25, -0.2) is 18.7 Å². The molecule has 250 valence electrons. The van der Waals surface area contributed by atoms with Crippen molar-refractivity contribution in [3.05, 3.63) is 64.3 Å². The second-order valence-corrected chi connectivity index (χ2v) is 15.6. The van der Waals surface area contributed by atoms with Crippen molar-refractivity contribution in [1.29, 1.82) is 0 Å². The standard InChI is InChI=1S/C39H49F2N5O/c1-23-15-29-16-28(30-18-34-37(42-20-30)44-26(4)43-34)7-8-36(29)47-14-10-27(23)17-33-32-19-38(5,6)11-9-31(32)24(2)25(3)35(45-33)21-46-13-12-39(40,41)22-46/h7-8,16,18,20,23-24,27H,9-15,17,19,21-22H2,1-6H3,(H,42,43,44). The monoisotopic (exact) mass is 641 g/mol. The first kappa shape index (κ1) is 32.2. The first-order chi connectivity index (χ1) is 22.3. The summed E-state index contributed by atoms with van der Waals surface area (Å²) in [5.74, 6) is 0.306. The molecule has 1 fully saturated rings. The number of benzene rings is 1. The molecule has 0 spiro atoms. The van der Waals surface area contributed by atoms with Crippen molar-refractivity contribution in [2.24, 2.45) is 28.2 Å². The van der Waals surface area contributed by atoms with Crippen molar-refractivity contribution in [3.8, 4) is 16.9 Å². The number of aromatic amines is 1. The predicted octanol–water partition coefficient (Wildman–Crippen LogP) is 9.11. The molecule has 0 saturated carbocycles. The summed E-state index contributed by atoms with van der Waals surface area (Å²) < 4.78 is 34.8. The molecule has 2 aromatic heterocycles. The van der Waals surface area contributed by atoms with Crippen LogP contribution >= 0.6 is 0 Å². The topological polar surface area (TPSA) is 66.4 Å². The zero-order valence-electron chi connectivity index (χ0n) is 28.9. The minimum absolute atomic E-state index is 0.0644. The number of hydrogen-bond donors (Lipinski definition) is 1. The zero-order valence-corrected chi connectivity index (χ0v) is 28.9. The minimum Gasteiger partial charge on any atom is -0.493 e. The molecule has 0 radical (unpaired) electrons. The average molecular weight is 642 g/mol. The van der Waals surface area contributed by atoms with Gasteiger partial charge in [0.25, 0.3) is 5.92 Å². The van der Waals surface area contributed by atoms with Gasteiger partial charge < -0.3 is 9.72 Å². The number of nitrogens with zero attached hydrogens (tertiary/aromatic N) is 4. The minimum atomic E-state index is -2.61. The lowest BCUT2D eigenvalue weighted by Gasteiger charge is -2.36. The number of pyridine rings is 1. The zero-order chi connectivity index (χ0) is 33.1. The Kier molecular flexibility index (Phi) is 8.38. The molecule has 1 aliphatic carbocycles. The van der Waals surface area contributed by atoms with Crippen LogP contribution in [0.4, 0.5) is 8.78 Å². The van der Waals surface area contributed by atoms with Crippen LogP contribution < -0.4 is 4.74 Å². The van der Waals surface area contributed by atoms with Gasteiger partial charge in [-0.1, -0.05) is 39.3 Å². The number of nitrogens with one attached hydrogen (secondary N) is 1. The maximum atomic E-state index is 14.2. The number of halogens is 2. The second-order valence-electron chi connectivity index (χ2n) is 15.6. The fraction of sp³-hybridized carbons (Fsp3) is 0.564. The predicted molar refractivity (Wildman–Crippen MR) is 185 cm³/mol. The summed E-state index contributed by atoms with van der Waals surface area (Å²) in [5, 5.41) is 0. The molecule has 3 unspecified atom stereocenters. The van der Waals surface area contributed by atoms with E-state index in [1.807, 2.05) is 18.0 Å². The number of aryl methyl sites for hydroxylation is 1. The van der Waals surface area contributed by atoms with Gasteiger partial charge in [-0.15, -0.1) is 0 Å². The van der Waals surface area contributed by atoms with Crippen molar-refractivity contribution >= 4 is 16.9 Å². The van der Waals surface area contributed by atoms with Crippen LogP contribution in [0.25, 0.3) is 22.3 Å². The number of imidazole rings is 1. The molecular formula is C39H49F2N5O. The summed E-state index contributed by atoms with van der Waals surface area (Å²) in [5.41, 5.74) is 11.7. The molecular weight excluding hydrogens is 592 g/mol. The second kappa shape index (κ2) is 12.2. The SMILES string of the molecule is CC1=C(CN2CCC(F)(F)C2)N=C(CC2CCOc3ccc(-c4cnc5nc(C)[nH]c5c4)cc3CC2C)C2=C(CCC(C)(C)C2)C1C. The molecule has 1 saturated heterocycles. The van der Waals surface area contributed by atoms with Gasteiger partial charge in [0.15, 0.2) is 5.65 Å². The number of hydrogen-bond acceptors (Lipinski definition) is 5. The van der Waals surface area contributed by atoms with Crippen LogP contribution in [0.2, 0.25) is 0 Å². The molecule has 1 aromatic carbocycles. The summed E-state index contributed by atoms with van der Waals surface area (Å²) in [6.07, 6.45) is 7.86. The maximum absolute atomic E-state index is 14.2. The van der Waals surface area contributed by atoms with Gasteiger partial charge in [0.1, 0.15) is 11.6 Å². The lowest BCUT2D eigenvalue weighted by atomic mass is 9.69. The molecule has 4 aliphatic rings. The van der Waals surface area contributed by atoms with Crippen molar-refractivity contribution < 1.29 is 13.5 Å². The van der Waals surface area contributed by atoms with Gasteiger partial charge in [0.05, 0.1) is 24.4 Å². The molecule has 1 N–H and O–H groups in total. The molecule has 5 heterocycles. The summed E-state index contributed by atoms with van der Waals surface area (Å²) >= 11 is 0. The van der Waals surface area contributed by atoms with E-state index in [0.29, 0.717) is 31.5 Å². The highest BCUT2D eigenvalue weighted by molar-refractivity contribution is 6.02. The molecule has 3 aliphatic heterocycles. The Labute approximate surface area is 277 Å².